The maximum Gasteiger partial charge on any atom is 0.303 e. The number of hydrogen-bond donors (Lipinski definition) is 3. The topological polar surface area (TPSA) is 160 Å². The number of H-pyrrole nitrogens is 1. The van der Waals surface area contributed by atoms with Crippen molar-refractivity contribution < 1.29 is 29.0 Å². The van der Waals surface area contributed by atoms with Gasteiger partial charge in [-0.1, -0.05) is 41.6 Å². The van der Waals surface area contributed by atoms with Gasteiger partial charge >= 0.3 is 5.97 Å². The number of unbranched alkanes of at least 4 members (excludes halogenated alkanes) is 1. The first-order valence-corrected chi connectivity index (χ1v) is 13.6. The highest BCUT2D eigenvalue weighted by Crippen LogP contribution is 2.43. The summed E-state index contributed by atoms with van der Waals surface area (Å²) in [7, 11) is 0. The summed E-state index contributed by atoms with van der Waals surface area (Å²) in [5, 5.41) is 25.8. The maximum absolute atomic E-state index is 13.2. The van der Waals surface area contributed by atoms with Crippen LogP contribution in [0.2, 0.25) is 0 Å². The van der Waals surface area contributed by atoms with E-state index < -0.39 is 18.0 Å². The van der Waals surface area contributed by atoms with Crippen molar-refractivity contribution in [2.45, 2.75) is 38.2 Å². The van der Waals surface area contributed by atoms with E-state index >= 15 is 0 Å². The minimum atomic E-state index is -1.08. The van der Waals surface area contributed by atoms with E-state index in [0.717, 1.165) is 19.3 Å². The Morgan fingerprint density at radius 3 is 2.55 bits per heavy atom. The molecule has 0 aliphatic carbocycles. The Kier molecular flexibility index (Phi) is 9.02. The number of aliphatic carboxylic acids is 1. The van der Waals surface area contributed by atoms with Crippen LogP contribution < -0.4 is 19.7 Å². The van der Waals surface area contributed by atoms with Gasteiger partial charge in [-0.15, -0.1) is 10.2 Å². The number of para-hydroxylation sites is 1. The van der Waals surface area contributed by atoms with E-state index in [4.69, 9.17) is 14.6 Å². The van der Waals surface area contributed by atoms with Crippen LogP contribution in [0.25, 0.3) is 0 Å². The average Bonchev–Trinajstić information content (AvgIpc) is 3.55. The summed E-state index contributed by atoms with van der Waals surface area (Å²) in [5.74, 6) is -0.738. The van der Waals surface area contributed by atoms with Crippen molar-refractivity contribution in [1.82, 2.24) is 20.6 Å². The number of tetrazole rings is 1. The molecule has 5 rings (SSSR count). The summed E-state index contributed by atoms with van der Waals surface area (Å²) in [5.41, 5.74) is 2.45. The number of benzene rings is 3. The summed E-state index contributed by atoms with van der Waals surface area (Å²) < 4.78 is 12.0. The van der Waals surface area contributed by atoms with E-state index in [1.807, 2.05) is 18.2 Å². The molecule has 2 heterocycles. The molecular formula is C30H30N6O6. The predicted molar refractivity (Wildman–Crippen MR) is 152 cm³/mol. The fraction of sp³-hybridized carbons (Fsp3) is 0.267. The number of carboxylic acids is 1. The molecule has 1 aliphatic rings. The molecule has 1 unspecified atom stereocenters. The first-order valence-electron chi connectivity index (χ1n) is 13.6. The first kappa shape index (κ1) is 28.3. The zero-order valence-corrected chi connectivity index (χ0v) is 22.7. The summed E-state index contributed by atoms with van der Waals surface area (Å²) in [6, 6.07) is 22.2. The van der Waals surface area contributed by atoms with Gasteiger partial charge in [0, 0.05) is 12.0 Å². The van der Waals surface area contributed by atoms with Crippen LogP contribution in [0.3, 0.4) is 0 Å². The molecule has 42 heavy (non-hydrogen) atoms. The lowest BCUT2D eigenvalue weighted by Crippen LogP contribution is -2.40. The molecular weight excluding hydrogens is 540 g/mol. The highest BCUT2D eigenvalue weighted by molar-refractivity contribution is 6.06. The van der Waals surface area contributed by atoms with Crippen LogP contribution in [0.15, 0.2) is 72.8 Å². The molecule has 2 amide bonds. The maximum atomic E-state index is 13.2. The molecule has 0 fully saturated rings. The van der Waals surface area contributed by atoms with Crippen molar-refractivity contribution in [2.75, 3.05) is 23.4 Å². The Bertz CT molecular complexity index is 1510. The highest BCUT2D eigenvalue weighted by atomic mass is 16.5. The van der Waals surface area contributed by atoms with Gasteiger partial charge in [-0.05, 0) is 61.2 Å². The quantitative estimate of drug-likeness (QED) is 0.212. The van der Waals surface area contributed by atoms with Crippen LogP contribution >= 0.6 is 0 Å². The predicted octanol–water partition coefficient (Wildman–Crippen LogP) is 4.19. The van der Waals surface area contributed by atoms with Gasteiger partial charge in [-0.25, -0.2) is 0 Å². The van der Waals surface area contributed by atoms with Gasteiger partial charge in [0.25, 0.3) is 5.91 Å². The van der Waals surface area contributed by atoms with E-state index in [1.165, 1.54) is 10.5 Å². The molecule has 0 saturated carbocycles. The number of carbonyl (C=O) groups excluding carboxylic acids is 2. The average molecular weight is 571 g/mol. The standard InChI is InChI=1S/C30H30N6O6/c37-26(16-17-27(38)39)36-19-25(29-32-34-35-33-29)42-28-23(10-6-11-24(28)36)31-30(40)21-12-14-22(15-13-21)41-18-5-4-9-20-7-2-1-3-8-20/h1-3,6-8,10-15,25H,4-5,9,16-19H2,(H,31,40)(H,38,39)(H,32,33,34,35). The van der Waals surface area contributed by atoms with E-state index in [0.29, 0.717) is 29.3 Å². The third kappa shape index (κ3) is 7.08. The Hall–Kier alpha value is -5.26. The SMILES string of the molecule is O=C(O)CCC(=O)N1CC(c2nn[nH]n2)Oc2c(NC(=O)c3ccc(OCCCCc4ccccc4)cc3)cccc21. The second-order valence-electron chi connectivity index (χ2n) is 9.70. The molecule has 0 spiro atoms. The summed E-state index contributed by atoms with van der Waals surface area (Å²) in [6.07, 6.45) is 1.63. The molecule has 3 aromatic carbocycles. The Morgan fingerprint density at radius 2 is 1.81 bits per heavy atom. The zero-order chi connectivity index (χ0) is 29.3. The number of nitrogens with one attached hydrogen (secondary N) is 2. The molecule has 3 N–H and O–H groups in total. The molecule has 4 aromatic rings. The van der Waals surface area contributed by atoms with Crippen molar-refractivity contribution >= 4 is 29.2 Å². The molecule has 0 bridgehead atoms. The Balaban J connectivity index is 1.23. The summed E-state index contributed by atoms with van der Waals surface area (Å²) in [6.45, 7) is 0.630. The Labute approximate surface area is 241 Å². The van der Waals surface area contributed by atoms with E-state index in [2.05, 4.69) is 38.1 Å². The number of carboxylic acid groups (broad SMARTS) is 1. The zero-order valence-electron chi connectivity index (χ0n) is 22.7. The van der Waals surface area contributed by atoms with Crippen molar-refractivity contribution in [1.29, 1.82) is 0 Å². The number of aromatic amines is 1. The lowest BCUT2D eigenvalue weighted by molar-refractivity contribution is -0.138. The van der Waals surface area contributed by atoms with Gasteiger partial charge in [0.15, 0.2) is 11.9 Å². The minimum absolute atomic E-state index is 0.0517. The van der Waals surface area contributed by atoms with Crippen LogP contribution in [-0.4, -0.2) is 56.7 Å². The highest BCUT2D eigenvalue weighted by Gasteiger charge is 2.34. The van der Waals surface area contributed by atoms with Crippen molar-refractivity contribution in [3.63, 3.8) is 0 Å². The van der Waals surface area contributed by atoms with Crippen LogP contribution in [-0.2, 0) is 16.0 Å². The fourth-order valence-corrected chi connectivity index (χ4v) is 4.59. The van der Waals surface area contributed by atoms with E-state index in [1.54, 1.807) is 42.5 Å². The molecule has 0 saturated heterocycles. The summed E-state index contributed by atoms with van der Waals surface area (Å²) in [4.78, 5) is 38.6. The van der Waals surface area contributed by atoms with Crippen molar-refractivity contribution in [2.24, 2.45) is 0 Å². The number of carbonyl (C=O) groups is 3. The number of ether oxygens (including phenoxy) is 2. The second kappa shape index (κ2) is 13.4. The second-order valence-corrected chi connectivity index (χ2v) is 9.70. The van der Waals surface area contributed by atoms with Crippen LogP contribution in [0.5, 0.6) is 11.5 Å². The lowest BCUT2D eigenvalue weighted by Gasteiger charge is -2.34. The van der Waals surface area contributed by atoms with Crippen molar-refractivity contribution in [3.05, 3.63) is 89.7 Å². The largest absolute Gasteiger partial charge is 0.494 e. The van der Waals surface area contributed by atoms with Gasteiger partial charge in [-0.3, -0.25) is 14.4 Å². The lowest BCUT2D eigenvalue weighted by atomic mass is 10.1. The van der Waals surface area contributed by atoms with Gasteiger partial charge in [0.1, 0.15) is 5.75 Å². The fourth-order valence-electron chi connectivity index (χ4n) is 4.59. The smallest absolute Gasteiger partial charge is 0.303 e. The number of aryl methyl sites for hydroxylation is 1. The molecule has 12 heteroatoms. The molecule has 1 aromatic heterocycles. The number of hydrogen-bond acceptors (Lipinski definition) is 8. The first-order chi connectivity index (χ1) is 20.5. The number of aromatic nitrogens is 4. The molecule has 1 atom stereocenters. The van der Waals surface area contributed by atoms with Crippen molar-refractivity contribution in [3.8, 4) is 11.5 Å². The Morgan fingerprint density at radius 1 is 1.00 bits per heavy atom. The number of rotatable bonds is 12. The van der Waals surface area contributed by atoms with E-state index in [-0.39, 0.29) is 36.9 Å². The van der Waals surface area contributed by atoms with Gasteiger partial charge in [0.2, 0.25) is 11.7 Å². The number of amides is 2. The third-order valence-corrected chi connectivity index (χ3v) is 6.73. The normalized spacial score (nSPS) is 14.0. The number of nitrogens with zero attached hydrogens (tertiary/aromatic N) is 4. The van der Waals surface area contributed by atoms with Crippen LogP contribution in [0.4, 0.5) is 11.4 Å². The monoisotopic (exact) mass is 570 g/mol. The van der Waals surface area contributed by atoms with Crippen LogP contribution in [0, 0.1) is 0 Å². The third-order valence-electron chi connectivity index (χ3n) is 6.73. The van der Waals surface area contributed by atoms with Gasteiger partial charge in [0.05, 0.1) is 30.9 Å². The number of fused-ring (bicyclic) bond motifs is 1. The minimum Gasteiger partial charge on any atom is -0.494 e. The van der Waals surface area contributed by atoms with Gasteiger partial charge < -0.3 is 24.8 Å². The van der Waals surface area contributed by atoms with E-state index in [9.17, 15) is 14.4 Å². The molecule has 1 aliphatic heterocycles. The molecule has 12 nitrogen and oxygen atoms in total. The van der Waals surface area contributed by atoms with Crippen LogP contribution in [0.1, 0.15) is 53.5 Å². The number of anilines is 2. The van der Waals surface area contributed by atoms with Gasteiger partial charge in [-0.2, -0.15) is 5.21 Å². The molecule has 0 radical (unpaired) electrons. The molecule has 216 valence electrons. The summed E-state index contributed by atoms with van der Waals surface area (Å²) >= 11 is 0.